The van der Waals surface area contributed by atoms with Gasteiger partial charge in [0.15, 0.2) is 5.96 Å². The van der Waals surface area contributed by atoms with Crippen molar-refractivity contribution in [2.75, 3.05) is 25.9 Å². The fourth-order valence-electron chi connectivity index (χ4n) is 2.28. The zero-order chi connectivity index (χ0) is 15.0. The Hall–Kier alpha value is -0.0900. The highest BCUT2D eigenvalue weighted by atomic mass is 127. The van der Waals surface area contributed by atoms with Crippen LogP contribution in [-0.2, 0) is 10.0 Å². The lowest BCUT2D eigenvalue weighted by molar-refractivity contribution is 0.329. The maximum absolute atomic E-state index is 11.3. The molecular formula is C13H29IN4O2S. The third-order valence-corrected chi connectivity index (χ3v) is 5.10. The van der Waals surface area contributed by atoms with Crippen molar-refractivity contribution in [1.82, 2.24) is 15.4 Å². The van der Waals surface area contributed by atoms with Gasteiger partial charge in [-0.1, -0.05) is 6.92 Å². The zero-order valence-corrected chi connectivity index (χ0v) is 16.3. The predicted octanol–water partition coefficient (Wildman–Crippen LogP) is 1.29. The predicted molar refractivity (Wildman–Crippen MR) is 98.8 cm³/mol. The van der Waals surface area contributed by atoms with Crippen molar-refractivity contribution in [3.8, 4) is 0 Å². The molecule has 6 nitrogen and oxygen atoms in total. The fourth-order valence-corrected chi connectivity index (χ4v) is 2.90. The van der Waals surface area contributed by atoms with Gasteiger partial charge in [-0.05, 0) is 38.5 Å². The van der Waals surface area contributed by atoms with Crippen LogP contribution in [0.2, 0.25) is 0 Å². The average Bonchev–Trinajstić information content (AvgIpc) is 2.44. The van der Waals surface area contributed by atoms with Gasteiger partial charge in [0, 0.05) is 26.2 Å². The summed E-state index contributed by atoms with van der Waals surface area (Å²) < 4.78 is 25.1. The van der Waals surface area contributed by atoms with Crippen LogP contribution in [0.25, 0.3) is 0 Å². The summed E-state index contributed by atoms with van der Waals surface area (Å²) in [5.74, 6) is 1.69. The third kappa shape index (κ3) is 8.82. The van der Waals surface area contributed by atoms with E-state index in [9.17, 15) is 8.42 Å². The largest absolute Gasteiger partial charge is 0.355 e. The van der Waals surface area contributed by atoms with Crippen LogP contribution in [-0.4, -0.2) is 46.3 Å². The van der Waals surface area contributed by atoms with Gasteiger partial charge in [0.05, 0.1) is 5.75 Å². The van der Waals surface area contributed by atoms with Crippen LogP contribution in [0.3, 0.4) is 0 Å². The Kier molecular flexibility index (Phi) is 10.6. The highest BCUT2D eigenvalue weighted by molar-refractivity contribution is 14.0. The van der Waals surface area contributed by atoms with Gasteiger partial charge in [-0.3, -0.25) is 4.99 Å². The molecule has 0 amide bonds. The minimum atomic E-state index is -3.11. The second kappa shape index (κ2) is 10.6. The first kappa shape index (κ1) is 20.9. The monoisotopic (exact) mass is 432 g/mol. The van der Waals surface area contributed by atoms with E-state index in [-0.39, 0.29) is 29.7 Å². The first-order chi connectivity index (χ1) is 9.46. The number of hydrogen-bond acceptors (Lipinski definition) is 3. The Balaban J connectivity index is 0.00000400. The molecule has 0 spiro atoms. The molecule has 0 heterocycles. The molecule has 0 aromatic heterocycles. The van der Waals surface area contributed by atoms with E-state index in [1.54, 1.807) is 14.0 Å². The van der Waals surface area contributed by atoms with Gasteiger partial charge in [0.25, 0.3) is 0 Å². The molecule has 0 unspecified atom stereocenters. The third-order valence-electron chi connectivity index (χ3n) is 3.70. The van der Waals surface area contributed by atoms with Crippen LogP contribution in [0.4, 0.5) is 0 Å². The maximum Gasteiger partial charge on any atom is 0.211 e. The Labute approximate surface area is 146 Å². The Morgan fingerprint density at radius 3 is 2.33 bits per heavy atom. The van der Waals surface area contributed by atoms with E-state index in [0.717, 1.165) is 11.9 Å². The van der Waals surface area contributed by atoms with Crippen LogP contribution >= 0.6 is 24.0 Å². The standard InChI is InChI=1S/C13H28N4O2S.HI/c1-4-20(18,19)16-10-9-15-13(14-3)17-12-7-5-11(2)6-8-12;/h11-12,16H,4-10H2,1-3H3,(H2,14,15,17);1H. The first-order valence-corrected chi connectivity index (χ1v) is 9.06. The number of hydrogen-bond donors (Lipinski definition) is 3. The zero-order valence-electron chi connectivity index (χ0n) is 13.2. The van der Waals surface area contributed by atoms with Gasteiger partial charge in [-0.15, -0.1) is 24.0 Å². The summed E-state index contributed by atoms with van der Waals surface area (Å²) in [6.07, 6.45) is 4.85. The number of rotatable bonds is 6. The number of nitrogens with zero attached hydrogens (tertiary/aromatic N) is 1. The molecular weight excluding hydrogens is 403 g/mol. The number of guanidine groups is 1. The summed E-state index contributed by atoms with van der Waals surface area (Å²) in [6, 6.07) is 0.477. The molecule has 3 N–H and O–H groups in total. The average molecular weight is 432 g/mol. The first-order valence-electron chi connectivity index (χ1n) is 7.41. The van der Waals surface area contributed by atoms with Gasteiger partial charge in [-0.25, -0.2) is 13.1 Å². The second-order valence-corrected chi connectivity index (χ2v) is 7.49. The molecule has 0 radical (unpaired) electrons. The molecule has 0 atom stereocenters. The smallest absolute Gasteiger partial charge is 0.211 e. The number of sulfonamides is 1. The topological polar surface area (TPSA) is 82.6 Å². The maximum atomic E-state index is 11.3. The van der Waals surface area contributed by atoms with Crippen LogP contribution in [0.1, 0.15) is 39.5 Å². The lowest BCUT2D eigenvalue weighted by atomic mass is 9.87. The molecule has 21 heavy (non-hydrogen) atoms. The SMILES string of the molecule is CCS(=O)(=O)NCCNC(=NC)NC1CCC(C)CC1.I. The molecule has 8 heteroatoms. The highest BCUT2D eigenvalue weighted by Gasteiger charge is 2.18. The fraction of sp³-hybridized carbons (Fsp3) is 0.923. The van der Waals surface area contributed by atoms with Gasteiger partial charge in [0.1, 0.15) is 0 Å². The molecule has 1 saturated carbocycles. The van der Waals surface area contributed by atoms with Gasteiger partial charge < -0.3 is 10.6 Å². The molecule has 1 fully saturated rings. The van der Waals surface area contributed by atoms with E-state index >= 15 is 0 Å². The Bertz CT molecular complexity index is 406. The van der Waals surface area contributed by atoms with E-state index in [2.05, 4.69) is 27.3 Å². The van der Waals surface area contributed by atoms with Crippen LogP contribution < -0.4 is 15.4 Å². The summed E-state index contributed by atoms with van der Waals surface area (Å²) in [4.78, 5) is 4.17. The van der Waals surface area contributed by atoms with Crippen molar-refractivity contribution < 1.29 is 8.42 Å². The molecule has 0 saturated heterocycles. The summed E-state index contributed by atoms with van der Waals surface area (Å²) in [6.45, 7) is 4.82. The van der Waals surface area contributed by atoms with E-state index in [0.29, 0.717) is 19.1 Å². The van der Waals surface area contributed by atoms with E-state index < -0.39 is 10.0 Å². The minimum absolute atomic E-state index is 0. The normalized spacial score (nSPS) is 23.3. The molecule has 0 aliphatic heterocycles. The van der Waals surface area contributed by atoms with E-state index in [1.807, 2.05) is 0 Å². The van der Waals surface area contributed by atoms with Crippen molar-refractivity contribution in [3.05, 3.63) is 0 Å². The summed E-state index contributed by atoms with van der Waals surface area (Å²) in [5.41, 5.74) is 0. The number of aliphatic imine (C=N–C) groups is 1. The van der Waals surface area contributed by atoms with Gasteiger partial charge in [0.2, 0.25) is 10.0 Å². The Morgan fingerprint density at radius 1 is 1.19 bits per heavy atom. The number of halogens is 1. The molecule has 126 valence electrons. The lowest BCUT2D eigenvalue weighted by Gasteiger charge is -2.28. The molecule has 1 aliphatic carbocycles. The molecule has 1 aliphatic rings. The van der Waals surface area contributed by atoms with Crippen molar-refractivity contribution in [2.24, 2.45) is 10.9 Å². The molecule has 0 aromatic carbocycles. The summed E-state index contributed by atoms with van der Waals surface area (Å²) in [7, 11) is -1.37. The van der Waals surface area contributed by atoms with Crippen LogP contribution in [0.5, 0.6) is 0 Å². The van der Waals surface area contributed by atoms with Crippen molar-refractivity contribution in [1.29, 1.82) is 0 Å². The van der Waals surface area contributed by atoms with Crippen molar-refractivity contribution in [3.63, 3.8) is 0 Å². The molecule has 0 bridgehead atoms. The lowest BCUT2D eigenvalue weighted by Crippen LogP contribution is -2.46. The van der Waals surface area contributed by atoms with Gasteiger partial charge >= 0.3 is 0 Å². The molecule has 0 aromatic rings. The highest BCUT2D eigenvalue weighted by Crippen LogP contribution is 2.23. The summed E-state index contributed by atoms with van der Waals surface area (Å²) in [5, 5.41) is 6.54. The van der Waals surface area contributed by atoms with E-state index in [4.69, 9.17) is 0 Å². The van der Waals surface area contributed by atoms with E-state index in [1.165, 1.54) is 25.7 Å². The number of nitrogens with one attached hydrogen (secondary N) is 3. The summed E-state index contributed by atoms with van der Waals surface area (Å²) >= 11 is 0. The quantitative estimate of drug-likeness (QED) is 0.256. The van der Waals surface area contributed by atoms with Crippen LogP contribution in [0.15, 0.2) is 4.99 Å². The second-order valence-electron chi connectivity index (χ2n) is 5.40. The van der Waals surface area contributed by atoms with Crippen molar-refractivity contribution >= 4 is 40.0 Å². The molecule has 1 rings (SSSR count). The van der Waals surface area contributed by atoms with Crippen molar-refractivity contribution in [2.45, 2.75) is 45.6 Å². The van der Waals surface area contributed by atoms with Gasteiger partial charge in [-0.2, -0.15) is 0 Å². The minimum Gasteiger partial charge on any atom is -0.355 e. The Morgan fingerprint density at radius 2 is 1.81 bits per heavy atom. The van der Waals surface area contributed by atoms with Crippen LogP contribution in [0, 0.1) is 5.92 Å².